The van der Waals surface area contributed by atoms with E-state index in [2.05, 4.69) is 24.3 Å². The molecule has 2 nitrogen and oxygen atoms in total. The first kappa shape index (κ1) is 12.8. The largest absolute Gasteiger partial charge is 0.468 e. The third-order valence-electron chi connectivity index (χ3n) is 3.84. The number of benzene rings is 1. The maximum absolute atomic E-state index is 6.51. The van der Waals surface area contributed by atoms with Gasteiger partial charge in [-0.3, -0.25) is 0 Å². The number of thioether (sulfide) groups is 1. The van der Waals surface area contributed by atoms with Gasteiger partial charge in [0.25, 0.3) is 0 Å². The van der Waals surface area contributed by atoms with Gasteiger partial charge in [-0.05, 0) is 43.4 Å². The highest BCUT2D eigenvalue weighted by Crippen LogP contribution is 2.39. The van der Waals surface area contributed by atoms with E-state index in [1.807, 2.05) is 24.8 Å². The summed E-state index contributed by atoms with van der Waals surface area (Å²) >= 11 is 1.86. The lowest BCUT2D eigenvalue weighted by Gasteiger charge is -2.22. The molecule has 2 atom stereocenters. The summed E-state index contributed by atoms with van der Waals surface area (Å²) in [5.74, 6) is 0.995. The summed E-state index contributed by atoms with van der Waals surface area (Å²) in [5, 5.41) is 0.431. The van der Waals surface area contributed by atoms with Gasteiger partial charge < -0.3 is 10.2 Å². The molecule has 1 aromatic carbocycles. The molecule has 0 radical (unpaired) electrons. The lowest BCUT2D eigenvalue weighted by Crippen LogP contribution is -2.23. The fourth-order valence-corrected chi connectivity index (χ4v) is 4.00. The van der Waals surface area contributed by atoms with E-state index in [0.717, 1.165) is 18.6 Å². The van der Waals surface area contributed by atoms with Gasteiger partial charge in [0.15, 0.2) is 0 Å². The van der Waals surface area contributed by atoms with Gasteiger partial charge in [-0.15, -0.1) is 11.8 Å². The molecule has 1 aromatic heterocycles. The highest BCUT2D eigenvalue weighted by molar-refractivity contribution is 8.00. The number of rotatable bonds is 2. The Morgan fingerprint density at radius 3 is 2.89 bits per heavy atom. The number of furan rings is 1. The van der Waals surface area contributed by atoms with Crippen molar-refractivity contribution >= 4 is 11.8 Å². The zero-order chi connectivity index (χ0) is 13.2. The minimum absolute atomic E-state index is 0.109. The van der Waals surface area contributed by atoms with E-state index in [1.54, 1.807) is 6.26 Å². The third-order valence-corrected chi connectivity index (χ3v) is 5.35. The zero-order valence-electron chi connectivity index (χ0n) is 11.1. The van der Waals surface area contributed by atoms with Crippen LogP contribution in [0, 0.1) is 6.92 Å². The predicted octanol–water partition coefficient (Wildman–Crippen LogP) is 4.09. The summed E-state index contributed by atoms with van der Waals surface area (Å²) in [5.41, 5.74) is 9.24. The summed E-state index contributed by atoms with van der Waals surface area (Å²) in [6, 6.07) is 10.8. The molecule has 0 saturated carbocycles. The molecule has 0 bridgehead atoms. The molecule has 100 valence electrons. The first-order valence-electron chi connectivity index (χ1n) is 6.80. The molecule has 19 heavy (non-hydrogen) atoms. The van der Waals surface area contributed by atoms with Crippen LogP contribution in [-0.4, -0.2) is 5.25 Å². The smallest absolute Gasteiger partial charge is 0.114 e. The molecule has 0 fully saturated rings. The van der Waals surface area contributed by atoms with E-state index < -0.39 is 0 Å². The van der Waals surface area contributed by atoms with Crippen molar-refractivity contribution in [3.8, 4) is 0 Å². The van der Waals surface area contributed by atoms with Crippen LogP contribution in [-0.2, 0) is 6.42 Å². The Bertz CT molecular complexity index is 563. The molecule has 0 aliphatic heterocycles. The van der Waals surface area contributed by atoms with Crippen LogP contribution in [0.3, 0.4) is 0 Å². The maximum Gasteiger partial charge on any atom is 0.114 e. The van der Waals surface area contributed by atoms with E-state index in [9.17, 15) is 0 Å². The average Bonchev–Trinajstić information content (AvgIpc) is 2.75. The van der Waals surface area contributed by atoms with Gasteiger partial charge in [-0.25, -0.2) is 0 Å². The monoisotopic (exact) mass is 273 g/mol. The van der Waals surface area contributed by atoms with Crippen LogP contribution >= 0.6 is 11.8 Å². The van der Waals surface area contributed by atoms with Gasteiger partial charge in [0.1, 0.15) is 5.76 Å². The van der Waals surface area contributed by atoms with Crippen molar-refractivity contribution in [3.63, 3.8) is 0 Å². The maximum atomic E-state index is 6.51. The lowest BCUT2D eigenvalue weighted by molar-refractivity contribution is 0.526. The molecule has 2 unspecified atom stereocenters. The van der Waals surface area contributed by atoms with E-state index in [1.165, 1.54) is 22.4 Å². The van der Waals surface area contributed by atoms with Crippen molar-refractivity contribution in [1.82, 2.24) is 0 Å². The molecule has 0 amide bonds. The highest BCUT2D eigenvalue weighted by atomic mass is 32.2. The van der Waals surface area contributed by atoms with Gasteiger partial charge in [0.2, 0.25) is 0 Å². The quantitative estimate of drug-likeness (QED) is 0.838. The van der Waals surface area contributed by atoms with Crippen molar-refractivity contribution in [2.45, 2.75) is 42.4 Å². The SMILES string of the molecule is Cc1occc1SC1CCCc2ccccc2C1N. The van der Waals surface area contributed by atoms with E-state index in [4.69, 9.17) is 10.2 Å². The van der Waals surface area contributed by atoms with Crippen LogP contribution in [0.1, 0.15) is 35.8 Å². The summed E-state index contributed by atoms with van der Waals surface area (Å²) in [6.07, 6.45) is 5.27. The van der Waals surface area contributed by atoms with Gasteiger partial charge in [0, 0.05) is 16.2 Å². The minimum atomic E-state index is 0.109. The Balaban J connectivity index is 1.86. The Morgan fingerprint density at radius 2 is 2.11 bits per heavy atom. The molecular formula is C16H19NOS. The summed E-state index contributed by atoms with van der Waals surface area (Å²) in [4.78, 5) is 1.22. The second-order valence-electron chi connectivity index (χ2n) is 5.11. The van der Waals surface area contributed by atoms with Gasteiger partial charge in [0.05, 0.1) is 6.26 Å². The van der Waals surface area contributed by atoms with Crippen molar-refractivity contribution in [3.05, 3.63) is 53.5 Å². The molecular weight excluding hydrogens is 254 g/mol. The van der Waals surface area contributed by atoms with Crippen molar-refractivity contribution in [1.29, 1.82) is 0 Å². The van der Waals surface area contributed by atoms with Crippen molar-refractivity contribution in [2.75, 3.05) is 0 Å². The molecule has 2 aromatic rings. The van der Waals surface area contributed by atoms with Crippen molar-refractivity contribution in [2.24, 2.45) is 5.73 Å². The topological polar surface area (TPSA) is 39.2 Å². The number of aryl methyl sites for hydroxylation is 2. The normalized spacial score (nSPS) is 22.8. The lowest BCUT2D eigenvalue weighted by atomic mass is 10.00. The molecule has 1 heterocycles. The summed E-state index contributed by atoms with van der Waals surface area (Å²) < 4.78 is 5.38. The average molecular weight is 273 g/mol. The Labute approximate surface area is 118 Å². The van der Waals surface area contributed by atoms with E-state index in [0.29, 0.717) is 5.25 Å². The fraction of sp³-hybridized carbons (Fsp3) is 0.375. The van der Waals surface area contributed by atoms with Crippen LogP contribution in [0.15, 0.2) is 45.9 Å². The Kier molecular flexibility index (Phi) is 3.67. The number of nitrogens with two attached hydrogens (primary N) is 1. The van der Waals surface area contributed by atoms with Crippen LogP contribution in [0.2, 0.25) is 0 Å². The van der Waals surface area contributed by atoms with Crippen molar-refractivity contribution < 1.29 is 4.42 Å². The second-order valence-corrected chi connectivity index (χ2v) is 6.40. The molecule has 0 saturated heterocycles. The molecule has 0 spiro atoms. The van der Waals surface area contributed by atoms with E-state index >= 15 is 0 Å². The molecule has 3 heteroatoms. The highest BCUT2D eigenvalue weighted by Gasteiger charge is 2.26. The second kappa shape index (κ2) is 5.43. The first-order valence-corrected chi connectivity index (χ1v) is 7.68. The van der Waals surface area contributed by atoms with Crippen LogP contribution in [0.25, 0.3) is 0 Å². The molecule has 1 aliphatic carbocycles. The van der Waals surface area contributed by atoms with Crippen LogP contribution < -0.4 is 5.73 Å². The van der Waals surface area contributed by atoms with Crippen LogP contribution in [0.4, 0.5) is 0 Å². The zero-order valence-corrected chi connectivity index (χ0v) is 12.0. The molecule has 1 aliphatic rings. The third kappa shape index (κ3) is 2.58. The van der Waals surface area contributed by atoms with E-state index in [-0.39, 0.29) is 6.04 Å². The first-order chi connectivity index (χ1) is 9.25. The standard InChI is InChI=1S/C16H19NOS/c1-11-14(9-10-18-11)19-15-8-4-6-12-5-2-3-7-13(12)16(15)17/h2-3,5,7,9-10,15-16H,4,6,8,17H2,1H3. The number of hydrogen-bond donors (Lipinski definition) is 1. The van der Waals surface area contributed by atoms with Gasteiger partial charge in [-0.1, -0.05) is 24.3 Å². The predicted molar refractivity (Wildman–Crippen MR) is 79.4 cm³/mol. The fourth-order valence-electron chi connectivity index (χ4n) is 2.75. The Hall–Kier alpha value is -1.19. The number of hydrogen-bond acceptors (Lipinski definition) is 3. The summed E-state index contributed by atoms with van der Waals surface area (Å²) in [6.45, 7) is 2.01. The van der Waals surface area contributed by atoms with Crippen LogP contribution in [0.5, 0.6) is 0 Å². The Morgan fingerprint density at radius 1 is 1.26 bits per heavy atom. The van der Waals surface area contributed by atoms with Gasteiger partial charge >= 0.3 is 0 Å². The number of fused-ring (bicyclic) bond motifs is 1. The molecule has 3 rings (SSSR count). The minimum Gasteiger partial charge on any atom is -0.468 e. The molecule has 2 N–H and O–H groups in total. The summed E-state index contributed by atoms with van der Waals surface area (Å²) in [7, 11) is 0. The van der Waals surface area contributed by atoms with Gasteiger partial charge in [-0.2, -0.15) is 0 Å².